The number of aromatic nitrogens is 2. The highest BCUT2D eigenvalue weighted by Gasteiger charge is 2.33. The summed E-state index contributed by atoms with van der Waals surface area (Å²) in [5.41, 5.74) is 1.51. The molecule has 1 aliphatic rings. The highest BCUT2D eigenvalue weighted by molar-refractivity contribution is 6.30. The van der Waals surface area contributed by atoms with Crippen molar-refractivity contribution >= 4 is 23.3 Å². The Morgan fingerprint density at radius 3 is 2.68 bits per heavy atom. The minimum Gasteiger partial charge on any atom is -0.351 e. The fourth-order valence-corrected chi connectivity index (χ4v) is 2.63. The number of nitrogens with zero attached hydrogens (tertiary/aromatic N) is 4. The average molecular weight is 317 g/mol. The summed E-state index contributed by atoms with van der Waals surface area (Å²) in [6.07, 6.45) is 0. The van der Waals surface area contributed by atoms with Gasteiger partial charge in [0.15, 0.2) is 5.82 Å². The van der Waals surface area contributed by atoms with Crippen molar-refractivity contribution in [3.05, 3.63) is 52.7 Å². The Bertz CT molecular complexity index is 683. The van der Waals surface area contributed by atoms with E-state index in [-0.39, 0.29) is 11.9 Å². The zero-order valence-corrected chi connectivity index (χ0v) is 13.3. The Balaban J connectivity index is 1.62. The van der Waals surface area contributed by atoms with Crippen LogP contribution >= 0.6 is 11.6 Å². The van der Waals surface area contributed by atoms with Crippen LogP contribution in [0.5, 0.6) is 0 Å². The van der Waals surface area contributed by atoms with Crippen molar-refractivity contribution in [1.82, 2.24) is 15.1 Å². The molecule has 5 nitrogen and oxygen atoms in total. The molecule has 1 amide bonds. The molecule has 0 aliphatic carbocycles. The standard InChI is InChI=1S/C16H17ClN4O/c1-11-6-7-15(19-18-11)21-9-14(10-21)20(2)16(22)12-4-3-5-13(17)8-12/h3-8,14H,9-10H2,1-2H3. The summed E-state index contributed by atoms with van der Waals surface area (Å²) in [6.45, 7) is 3.44. The lowest BCUT2D eigenvalue weighted by atomic mass is 10.1. The molecule has 3 rings (SSSR count). The number of amides is 1. The second kappa shape index (κ2) is 5.93. The summed E-state index contributed by atoms with van der Waals surface area (Å²) in [7, 11) is 1.83. The molecule has 0 N–H and O–H groups in total. The number of hydrogen-bond acceptors (Lipinski definition) is 4. The summed E-state index contributed by atoms with van der Waals surface area (Å²) in [4.78, 5) is 16.3. The number of halogens is 1. The molecule has 1 fully saturated rings. The average Bonchev–Trinajstić information content (AvgIpc) is 2.47. The topological polar surface area (TPSA) is 49.3 Å². The quantitative estimate of drug-likeness (QED) is 0.872. The molecule has 114 valence electrons. The van der Waals surface area contributed by atoms with Crippen LogP contribution < -0.4 is 4.90 Å². The first-order valence-electron chi connectivity index (χ1n) is 7.12. The van der Waals surface area contributed by atoms with Gasteiger partial charge in [0.25, 0.3) is 5.91 Å². The molecule has 0 bridgehead atoms. The van der Waals surface area contributed by atoms with Gasteiger partial charge in [-0.25, -0.2) is 0 Å². The number of carbonyl (C=O) groups is 1. The van der Waals surface area contributed by atoms with Crippen LogP contribution in [-0.2, 0) is 0 Å². The van der Waals surface area contributed by atoms with Crippen molar-refractivity contribution in [2.24, 2.45) is 0 Å². The van der Waals surface area contributed by atoms with Gasteiger partial charge in [-0.1, -0.05) is 17.7 Å². The van der Waals surface area contributed by atoms with Crippen LogP contribution in [-0.4, -0.2) is 47.2 Å². The van der Waals surface area contributed by atoms with Crippen LogP contribution in [0.4, 0.5) is 5.82 Å². The van der Waals surface area contributed by atoms with E-state index in [4.69, 9.17) is 11.6 Å². The molecule has 0 saturated carbocycles. The van der Waals surface area contributed by atoms with E-state index in [9.17, 15) is 4.79 Å². The summed E-state index contributed by atoms with van der Waals surface area (Å²) in [6, 6.07) is 11.1. The number of hydrogen-bond donors (Lipinski definition) is 0. The Labute approximate surface area is 134 Å². The van der Waals surface area contributed by atoms with E-state index in [0.717, 1.165) is 24.6 Å². The van der Waals surface area contributed by atoms with Gasteiger partial charge in [0.2, 0.25) is 0 Å². The summed E-state index contributed by atoms with van der Waals surface area (Å²) >= 11 is 5.94. The van der Waals surface area contributed by atoms with Gasteiger partial charge in [-0.3, -0.25) is 4.79 Å². The van der Waals surface area contributed by atoms with Gasteiger partial charge >= 0.3 is 0 Å². The zero-order chi connectivity index (χ0) is 15.7. The molecule has 2 heterocycles. The van der Waals surface area contributed by atoms with Gasteiger partial charge in [0.05, 0.1) is 11.7 Å². The third kappa shape index (κ3) is 2.90. The SMILES string of the molecule is Cc1ccc(N2CC(N(C)C(=O)c3cccc(Cl)c3)C2)nn1. The van der Waals surface area contributed by atoms with Crippen molar-refractivity contribution in [2.75, 3.05) is 25.0 Å². The van der Waals surface area contributed by atoms with Crippen LogP contribution in [0.25, 0.3) is 0 Å². The van der Waals surface area contributed by atoms with Crippen molar-refractivity contribution in [3.63, 3.8) is 0 Å². The molecule has 6 heteroatoms. The highest BCUT2D eigenvalue weighted by Crippen LogP contribution is 2.22. The Hall–Kier alpha value is -2.14. The maximum atomic E-state index is 12.4. The predicted octanol–water partition coefficient (Wildman–Crippen LogP) is 2.40. The number of carbonyl (C=O) groups excluding carboxylic acids is 1. The lowest BCUT2D eigenvalue weighted by Gasteiger charge is -2.44. The molecule has 0 unspecified atom stereocenters. The third-order valence-electron chi connectivity index (χ3n) is 3.91. The molecule has 0 radical (unpaired) electrons. The van der Waals surface area contributed by atoms with E-state index >= 15 is 0 Å². The second-order valence-electron chi connectivity index (χ2n) is 5.52. The fraction of sp³-hybridized carbons (Fsp3) is 0.312. The minimum absolute atomic E-state index is 0.0119. The van der Waals surface area contributed by atoms with Crippen LogP contribution in [0.1, 0.15) is 16.1 Å². The normalized spacial score (nSPS) is 14.6. The number of benzene rings is 1. The van der Waals surface area contributed by atoms with Crippen LogP contribution in [0.3, 0.4) is 0 Å². The first-order valence-corrected chi connectivity index (χ1v) is 7.50. The monoisotopic (exact) mass is 316 g/mol. The molecular weight excluding hydrogens is 300 g/mol. The molecule has 2 aromatic rings. The number of anilines is 1. The molecule has 1 aromatic heterocycles. The van der Waals surface area contributed by atoms with Crippen LogP contribution in [0.2, 0.25) is 5.02 Å². The van der Waals surface area contributed by atoms with Gasteiger partial charge < -0.3 is 9.80 Å². The van der Waals surface area contributed by atoms with Crippen molar-refractivity contribution in [2.45, 2.75) is 13.0 Å². The minimum atomic E-state index is -0.0119. The summed E-state index contributed by atoms with van der Waals surface area (Å²) in [5.74, 6) is 0.840. The summed E-state index contributed by atoms with van der Waals surface area (Å²) in [5, 5.41) is 8.79. The first kappa shape index (κ1) is 14.8. The molecule has 1 aliphatic heterocycles. The van der Waals surface area contributed by atoms with E-state index in [2.05, 4.69) is 15.1 Å². The Morgan fingerprint density at radius 1 is 1.27 bits per heavy atom. The lowest BCUT2D eigenvalue weighted by Crippen LogP contribution is -2.60. The molecule has 0 spiro atoms. The number of aryl methyl sites for hydroxylation is 1. The van der Waals surface area contributed by atoms with Crippen molar-refractivity contribution in [3.8, 4) is 0 Å². The van der Waals surface area contributed by atoms with Gasteiger partial charge in [0, 0.05) is 30.7 Å². The van der Waals surface area contributed by atoms with Gasteiger partial charge in [0.1, 0.15) is 0 Å². The van der Waals surface area contributed by atoms with E-state index in [1.54, 1.807) is 29.2 Å². The molecule has 0 atom stereocenters. The maximum Gasteiger partial charge on any atom is 0.254 e. The third-order valence-corrected chi connectivity index (χ3v) is 4.14. The lowest BCUT2D eigenvalue weighted by molar-refractivity contribution is 0.0705. The first-order chi connectivity index (χ1) is 10.5. The zero-order valence-electron chi connectivity index (χ0n) is 12.5. The van der Waals surface area contributed by atoms with Gasteiger partial charge in [-0.15, -0.1) is 5.10 Å². The van der Waals surface area contributed by atoms with Gasteiger partial charge in [-0.2, -0.15) is 5.10 Å². The van der Waals surface area contributed by atoms with Crippen LogP contribution in [0, 0.1) is 6.92 Å². The van der Waals surface area contributed by atoms with E-state index in [0.29, 0.717) is 10.6 Å². The van der Waals surface area contributed by atoms with E-state index in [1.807, 2.05) is 26.1 Å². The van der Waals surface area contributed by atoms with Crippen molar-refractivity contribution < 1.29 is 4.79 Å². The number of rotatable bonds is 3. The fourth-order valence-electron chi connectivity index (χ4n) is 2.44. The molecular formula is C16H17ClN4O. The second-order valence-corrected chi connectivity index (χ2v) is 5.95. The van der Waals surface area contributed by atoms with Gasteiger partial charge in [-0.05, 0) is 37.3 Å². The van der Waals surface area contributed by atoms with Crippen LogP contribution in [0.15, 0.2) is 36.4 Å². The molecule has 1 aromatic carbocycles. The predicted molar refractivity (Wildman–Crippen MR) is 86.3 cm³/mol. The maximum absolute atomic E-state index is 12.4. The Morgan fingerprint density at radius 2 is 2.05 bits per heavy atom. The smallest absolute Gasteiger partial charge is 0.254 e. The van der Waals surface area contributed by atoms with E-state index < -0.39 is 0 Å². The highest BCUT2D eigenvalue weighted by atomic mass is 35.5. The molecule has 1 saturated heterocycles. The van der Waals surface area contributed by atoms with E-state index in [1.165, 1.54) is 0 Å². The van der Waals surface area contributed by atoms with Crippen molar-refractivity contribution in [1.29, 1.82) is 0 Å². The molecule has 22 heavy (non-hydrogen) atoms. The Kier molecular flexibility index (Phi) is 3.98. The number of likely N-dealkylation sites (N-methyl/N-ethyl adjacent to an activating group) is 1. The largest absolute Gasteiger partial charge is 0.351 e. The summed E-state index contributed by atoms with van der Waals surface area (Å²) < 4.78 is 0.